The molecule has 0 saturated carbocycles. The number of nitrogens with zero attached hydrogens (tertiary/aromatic N) is 1. The molecule has 3 N–H and O–H groups in total. The number of anilines is 1. The SMILES string of the molecule is Cc1cnc(Cl)c(NC(=O)C2CC(O)CN2)c1. The van der Waals surface area contributed by atoms with E-state index in [9.17, 15) is 9.90 Å². The molecular formula is C11H14ClN3O2. The summed E-state index contributed by atoms with van der Waals surface area (Å²) in [5, 5.41) is 15.2. The average Bonchev–Trinajstić information content (AvgIpc) is 2.70. The normalized spacial score (nSPS) is 23.7. The van der Waals surface area contributed by atoms with Crippen molar-refractivity contribution < 1.29 is 9.90 Å². The molecule has 0 aromatic carbocycles. The van der Waals surface area contributed by atoms with Gasteiger partial charge in [-0.05, 0) is 25.0 Å². The first-order valence-electron chi connectivity index (χ1n) is 5.40. The van der Waals surface area contributed by atoms with Crippen molar-refractivity contribution in [1.29, 1.82) is 0 Å². The number of rotatable bonds is 2. The van der Waals surface area contributed by atoms with E-state index in [-0.39, 0.29) is 17.1 Å². The van der Waals surface area contributed by atoms with Gasteiger partial charge in [0.25, 0.3) is 0 Å². The molecule has 1 saturated heterocycles. The molecule has 0 radical (unpaired) electrons. The fraction of sp³-hybridized carbons (Fsp3) is 0.455. The van der Waals surface area contributed by atoms with E-state index in [0.29, 0.717) is 18.7 Å². The van der Waals surface area contributed by atoms with Crippen molar-refractivity contribution in [3.05, 3.63) is 23.0 Å². The standard InChI is InChI=1S/C11H14ClN3O2/c1-6-2-8(10(12)14-4-6)15-11(17)9-3-7(16)5-13-9/h2,4,7,9,13,16H,3,5H2,1H3,(H,15,17). The predicted molar refractivity (Wildman–Crippen MR) is 65.0 cm³/mol. The van der Waals surface area contributed by atoms with Crippen LogP contribution in [0.25, 0.3) is 0 Å². The summed E-state index contributed by atoms with van der Waals surface area (Å²) in [7, 11) is 0. The summed E-state index contributed by atoms with van der Waals surface area (Å²) >= 11 is 5.88. The molecule has 0 bridgehead atoms. The molecule has 17 heavy (non-hydrogen) atoms. The van der Waals surface area contributed by atoms with Gasteiger partial charge in [-0.15, -0.1) is 0 Å². The Bertz CT molecular complexity index is 439. The molecule has 2 rings (SSSR count). The molecule has 1 aliphatic heterocycles. The lowest BCUT2D eigenvalue weighted by molar-refractivity contribution is -0.117. The Hall–Kier alpha value is -1.17. The van der Waals surface area contributed by atoms with Crippen LogP contribution in [0.1, 0.15) is 12.0 Å². The van der Waals surface area contributed by atoms with Crippen LogP contribution >= 0.6 is 11.6 Å². The minimum atomic E-state index is -0.461. The van der Waals surface area contributed by atoms with Crippen LogP contribution in [0.3, 0.4) is 0 Å². The number of hydrogen-bond donors (Lipinski definition) is 3. The Labute approximate surface area is 104 Å². The van der Waals surface area contributed by atoms with E-state index < -0.39 is 6.10 Å². The Balaban J connectivity index is 2.05. The zero-order valence-electron chi connectivity index (χ0n) is 9.40. The summed E-state index contributed by atoms with van der Waals surface area (Å²) in [6, 6.07) is 1.39. The molecule has 0 spiro atoms. The van der Waals surface area contributed by atoms with E-state index in [1.807, 2.05) is 6.92 Å². The fourth-order valence-corrected chi connectivity index (χ4v) is 1.93. The van der Waals surface area contributed by atoms with Gasteiger partial charge in [-0.2, -0.15) is 0 Å². The number of hydrogen-bond acceptors (Lipinski definition) is 4. The maximum absolute atomic E-state index is 11.9. The first-order valence-corrected chi connectivity index (χ1v) is 5.78. The molecule has 6 heteroatoms. The zero-order valence-corrected chi connectivity index (χ0v) is 10.2. The molecule has 1 amide bonds. The summed E-state index contributed by atoms with van der Waals surface area (Å²) in [4.78, 5) is 15.8. The van der Waals surface area contributed by atoms with E-state index in [2.05, 4.69) is 15.6 Å². The van der Waals surface area contributed by atoms with Gasteiger partial charge in [0.2, 0.25) is 5.91 Å². The van der Waals surface area contributed by atoms with E-state index in [1.54, 1.807) is 12.3 Å². The van der Waals surface area contributed by atoms with Crippen LogP contribution in [0.2, 0.25) is 5.15 Å². The Kier molecular flexibility index (Phi) is 3.61. The maximum atomic E-state index is 11.9. The van der Waals surface area contributed by atoms with E-state index in [1.165, 1.54) is 0 Å². The number of β-amino-alcohol motifs (C(OH)–C–C–N with tert-alkyl or cyclic N) is 1. The van der Waals surface area contributed by atoms with Gasteiger partial charge < -0.3 is 15.7 Å². The Morgan fingerprint density at radius 3 is 3.12 bits per heavy atom. The zero-order chi connectivity index (χ0) is 12.4. The fourth-order valence-electron chi connectivity index (χ4n) is 1.78. The van der Waals surface area contributed by atoms with Crippen molar-refractivity contribution in [2.45, 2.75) is 25.5 Å². The second-order valence-electron chi connectivity index (χ2n) is 4.19. The molecule has 2 heterocycles. The van der Waals surface area contributed by atoms with Gasteiger partial charge in [-0.1, -0.05) is 11.6 Å². The van der Waals surface area contributed by atoms with Crippen molar-refractivity contribution >= 4 is 23.2 Å². The third-order valence-electron chi connectivity index (χ3n) is 2.66. The number of pyridine rings is 1. The van der Waals surface area contributed by atoms with Crippen molar-refractivity contribution in [3.8, 4) is 0 Å². The van der Waals surface area contributed by atoms with Crippen molar-refractivity contribution in [2.24, 2.45) is 0 Å². The van der Waals surface area contributed by atoms with Crippen LogP contribution in [0.4, 0.5) is 5.69 Å². The van der Waals surface area contributed by atoms with Gasteiger partial charge in [-0.3, -0.25) is 4.79 Å². The number of aryl methyl sites for hydroxylation is 1. The predicted octanol–water partition coefficient (Wildman–Crippen LogP) is 0.705. The average molecular weight is 256 g/mol. The summed E-state index contributed by atoms with van der Waals surface area (Å²) in [5.74, 6) is -0.198. The van der Waals surface area contributed by atoms with Crippen molar-refractivity contribution in [1.82, 2.24) is 10.3 Å². The van der Waals surface area contributed by atoms with Gasteiger partial charge in [-0.25, -0.2) is 4.98 Å². The van der Waals surface area contributed by atoms with Crippen LogP contribution < -0.4 is 10.6 Å². The van der Waals surface area contributed by atoms with Gasteiger partial charge >= 0.3 is 0 Å². The van der Waals surface area contributed by atoms with Gasteiger partial charge in [0, 0.05) is 12.7 Å². The number of carbonyl (C=O) groups is 1. The first-order chi connectivity index (χ1) is 8.06. The molecule has 2 atom stereocenters. The van der Waals surface area contributed by atoms with Crippen LogP contribution in [0.5, 0.6) is 0 Å². The van der Waals surface area contributed by atoms with Crippen LogP contribution in [0, 0.1) is 6.92 Å². The minimum Gasteiger partial charge on any atom is -0.392 e. The molecule has 1 fully saturated rings. The second kappa shape index (κ2) is 5.00. The largest absolute Gasteiger partial charge is 0.392 e. The highest BCUT2D eigenvalue weighted by Gasteiger charge is 2.28. The summed E-state index contributed by atoms with van der Waals surface area (Å²) in [5.41, 5.74) is 1.42. The topological polar surface area (TPSA) is 74.2 Å². The number of aliphatic hydroxyl groups is 1. The summed E-state index contributed by atoms with van der Waals surface area (Å²) < 4.78 is 0. The Morgan fingerprint density at radius 2 is 2.47 bits per heavy atom. The Morgan fingerprint density at radius 1 is 1.71 bits per heavy atom. The summed E-state index contributed by atoms with van der Waals surface area (Å²) in [6.07, 6.45) is 1.59. The monoisotopic (exact) mass is 255 g/mol. The highest BCUT2D eigenvalue weighted by atomic mass is 35.5. The highest BCUT2D eigenvalue weighted by Crippen LogP contribution is 2.20. The molecule has 2 unspecified atom stereocenters. The van der Waals surface area contributed by atoms with Gasteiger partial charge in [0.15, 0.2) is 5.15 Å². The van der Waals surface area contributed by atoms with Gasteiger partial charge in [0.1, 0.15) is 0 Å². The van der Waals surface area contributed by atoms with Crippen molar-refractivity contribution in [3.63, 3.8) is 0 Å². The number of aromatic nitrogens is 1. The third-order valence-corrected chi connectivity index (χ3v) is 2.96. The quantitative estimate of drug-likeness (QED) is 0.681. The number of amides is 1. The molecular weight excluding hydrogens is 242 g/mol. The minimum absolute atomic E-state index is 0.198. The van der Waals surface area contributed by atoms with Gasteiger partial charge in [0.05, 0.1) is 17.8 Å². The van der Waals surface area contributed by atoms with E-state index in [4.69, 9.17) is 11.6 Å². The van der Waals surface area contributed by atoms with E-state index >= 15 is 0 Å². The lowest BCUT2D eigenvalue weighted by atomic mass is 10.2. The lowest BCUT2D eigenvalue weighted by Crippen LogP contribution is -2.35. The third kappa shape index (κ3) is 2.94. The number of carbonyl (C=O) groups excluding carboxylic acids is 1. The molecule has 1 aromatic rings. The first kappa shape index (κ1) is 12.3. The van der Waals surface area contributed by atoms with Crippen molar-refractivity contribution in [2.75, 3.05) is 11.9 Å². The lowest BCUT2D eigenvalue weighted by Gasteiger charge is -2.12. The van der Waals surface area contributed by atoms with E-state index in [0.717, 1.165) is 5.56 Å². The maximum Gasteiger partial charge on any atom is 0.241 e. The van der Waals surface area contributed by atoms with Crippen LogP contribution in [-0.4, -0.2) is 34.7 Å². The van der Waals surface area contributed by atoms with Crippen LogP contribution in [0.15, 0.2) is 12.3 Å². The molecule has 5 nitrogen and oxygen atoms in total. The molecule has 1 aliphatic rings. The molecule has 0 aliphatic carbocycles. The summed E-state index contributed by atoms with van der Waals surface area (Å²) in [6.45, 7) is 2.31. The molecule has 92 valence electrons. The smallest absolute Gasteiger partial charge is 0.241 e. The number of nitrogens with one attached hydrogen (secondary N) is 2. The number of aliphatic hydroxyl groups excluding tert-OH is 1. The highest BCUT2D eigenvalue weighted by molar-refractivity contribution is 6.32. The molecule has 1 aromatic heterocycles. The second-order valence-corrected chi connectivity index (χ2v) is 4.55. The number of halogens is 1. The van der Waals surface area contributed by atoms with Crippen LogP contribution in [-0.2, 0) is 4.79 Å².